The molecule has 1 heterocycles. The van der Waals surface area contributed by atoms with Crippen molar-refractivity contribution in [1.82, 2.24) is 0 Å². The van der Waals surface area contributed by atoms with E-state index in [1.54, 1.807) is 6.26 Å². The molecule has 2 aliphatic carbocycles. The van der Waals surface area contributed by atoms with E-state index >= 15 is 0 Å². The van der Waals surface area contributed by atoms with Gasteiger partial charge in [-0.2, -0.15) is 0 Å². The number of aliphatic hydroxyl groups is 1. The molecular weight excluding hydrogens is 304 g/mol. The van der Waals surface area contributed by atoms with E-state index in [0.717, 1.165) is 19.3 Å². The highest BCUT2D eigenvalue weighted by Gasteiger charge is 2.68. The maximum absolute atomic E-state index is 10.8. The molecule has 1 saturated carbocycles. The van der Waals surface area contributed by atoms with E-state index in [0.29, 0.717) is 6.61 Å². The minimum atomic E-state index is -1.37. The van der Waals surface area contributed by atoms with Crippen LogP contribution in [0.2, 0.25) is 19.6 Å². The van der Waals surface area contributed by atoms with Gasteiger partial charge in [0.2, 0.25) is 5.79 Å². The van der Waals surface area contributed by atoms with Crippen LogP contribution in [0.1, 0.15) is 33.1 Å². The molecular formula is C19H30O3Si. The fraction of sp³-hybridized carbons (Fsp3) is 0.684. The van der Waals surface area contributed by atoms with Gasteiger partial charge >= 0.3 is 0 Å². The van der Waals surface area contributed by atoms with E-state index < -0.39 is 13.9 Å². The third-order valence-electron chi connectivity index (χ3n) is 5.22. The Labute approximate surface area is 141 Å². The van der Waals surface area contributed by atoms with Crippen molar-refractivity contribution < 1.29 is 14.6 Å². The van der Waals surface area contributed by atoms with Crippen molar-refractivity contribution in [2.75, 3.05) is 6.61 Å². The van der Waals surface area contributed by atoms with Gasteiger partial charge in [0, 0.05) is 6.42 Å². The van der Waals surface area contributed by atoms with Crippen molar-refractivity contribution >= 4 is 8.07 Å². The van der Waals surface area contributed by atoms with Gasteiger partial charge in [0.25, 0.3) is 0 Å². The van der Waals surface area contributed by atoms with Gasteiger partial charge in [-0.25, -0.2) is 0 Å². The fourth-order valence-electron chi connectivity index (χ4n) is 4.65. The highest BCUT2D eigenvalue weighted by molar-refractivity contribution is 6.81. The molecule has 128 valence electrons. The van der Waals surface area contributed by atoms with Crippen molar-refractivity contribution in [1.29, 1.82) is 0 Å². The number of ether oxygens (including phenoxy) is 2. The standard InChI is InChI=1S/C19H30O3Si/c1-6-7-8-21-19-11-14(2)10-18(13-22-19)16(20)9-15(17(18)19)12-23(3,4)5/h7-8,10,12,16-17,20H,6,9,11,13H2,1-5H3/b8-7+,15-12+/t16-,17-,18+,19+/m1/s1. The molecule has 2 fully saturated rings. The van der Waals surface area contributed by atoms with Crippen molar-refractivity contribution in [2.24, 2.45) is 11.3 Å². The lowest BCUT2D eigenvalue weighted by atomic mass is 9.68. The lowest BCUT2D eigenvalue weighted by Gasteiger charge is -2.40. The van der Waals surface area contributed by atoms with E-state index in [1.807, 2.05) is 6.08 Å². The monoisotopic (exact) mass is 334 g/mol. The van der Waals surface area contributed by atoms with Crippen LogP contribution in [-0.4, -0.2) is 31.7 Å². The van der Waals surface area contributed by atoms with E-state index in [-0.39, 0.29) is 17.4 Å². The summed E-state index contributed by atoms with van der Waals surface area (Å²) in [7, 11) is -1.37. The summed E-state index contributed by atoms with van der Waals surface area (Å²) in [6, 6.07) is 0. The van der Waals surface area contributed by atoms with Crippen molar-refractivity contribution in [3.05, 3.63) is 35.3 Å². The molecule has 0 spiro atoms. The molecule has 0 aromatic carbocycles. The summed E-state index contributed by atoms with van der Waals surface area (Å²) in [5.74, 6) is -0.491. The van der Waals surface area contributed by atoms with Crippen LogP contribution in [0.4, 0.5) is 0 Å². The summed E-state index contributed by atoms with van der Waals surface area (Å²) in [6.45, 7) is 11.8. The van der Waals surface area contributed by atoms with Gasteiger partial charge in [-0.05, 0) is 25.8 Å². The topological polar surface area (TPSA) is 38.7 Å². The van der Waals surface area contributed by atoms with E-state index in [1.165, 1.54) is 11.1 Å². The summed E-state index contributed by atoms with van der Waals surface area (Å²) in [5.41, 5.74) is 4.76. The van der Waals surface area contributed by atoms with E-state index in [4.69, 9.17) is 9.47 Å². The van der Waals surface area contributed by atoms with Crippen LogP contribution in [0.3, 0.4) is 0 Å². The largest absolute Gasteiger partial charge is 0.469 e. The third kappa shape index (κ3) is 2.75. The van der Waals surface area contributed by atoms with Crippen LogP contribution in [0.5, 0.6) is 0 Å². The van der Waals surface area contributed by atoms with Gasteiger partial charge in [-0.1, -0.05) is 49.5 Å². The van der Waals surface area contributed by atoms with Crippen LogP contribution in [-0.2, 0) is 9.47 Å². The first-order valence-electron chi connectivity index (χ1n) is 8.77. The molecule has 23 heavy (non-hydrogen) atoms. The maximum atomic E-state index is 10.8. The Morgan fingerprint density at radius 1 is 1.43 bits per heavy atom. The van der Waals surface area contributed by atoms with Crippen molar-refractivity contribution in [3.63, 3.8) is 0 Å². The van der Waals surface area contributed by atoms with Crippen molar-refractivity contribution in [3.8, 4) is 0 Å². The molecule has 2 bridgehead atoms. The Balaban J connectivity index is 2.06. The zero-order chi connectivity index (χ0) is 16.9. The smallest absolute Gasteiger partial charge is 0.220 e. The molecule has 0 aromatic heterocycles. The highest BCUT2D eigenvalue weighted by Crippen LogP contribution is 2.63. The van der Waals surface area contributed by atoms with Crippen molar-refractivity contribution in [2.45, 2.75) is 64.6 Å². The predicted molar refractivity (Wildman–Crippen MR) is 95.5 cm³/mol. The molecule has 3 nitrogen and oxygen atoms in total. The normalized spacial score (nSPS) is 41.5. The lowest BCUT2D eigenvalue weighted by Crippen LogP contribution is -2.45. The molecule has 0 aromatic rings. The average Bonchev–Trinajstić information content (AvgIpc) is 2.80. The van der Waals surface area contributed by atoms with Crippen LogP contribution in [0, 0.1) is 11.3 Å². The van der Waals surface area contributed by atoms with Crippen LogP contribution < -0.4 is 0 Å². The number of aliphatic hydroxyl groups excluding tert-OH is 1. The molecule has 3 rings (SSSR count). The minimum absolute atomic E-state index is 0.141. The first-order chi connectivity index (χ1) is 10.7. The van der Waals surface area contributed by atoms with Gasteiger partial charge in [0.15, 0.2) is 0 Å². The maximum Gasteiger partial charge on any atom is 0.220 e. The third-order valence-corrected chi connectivity index (χ3v) is 6.46. The lowest BCUT2D eigenvalue weighted by molar-refractivity contribution is -0.193. The number of hydrogen-bond donors (Lipinski definition) is 1. The van der Waals surface area contributed by atoms with Crippen LogP contribution in [0.25, 0.3) is 0 Å². The molecule has 0 radical (unpaired) electrons. The molecule has 4 atom stereocenters. The number of allylic oxidation sites excluding steroid dienone is 1. The first kappa shape index (κ1) is 17.0. The summed E-state index contributed by atoms with van der Waals surface area (Å²) >= 11 is 0. The van der Waals surface area contributed by atoms with E-state index in [9.17, 15) is 5.11 Å². The Hall–Kier alpha value is -0.843. The minimum Gasteiger partial charge on any atom is -0.469 e. The molecule has 1 N–H and O–H groups in total. The SMILES string of the molecule is CC/C=C/O[C@@]12CC(C)=C[C@]3(CO1)[C@H](O)C/C(=C\[Si](C)(C)C)[C@@H]23. The number of rotatable bonds is 4. The summed E-state index contributed by atoms with van der Waals surface area (Å²) in [6.07, 6.45) is 8.20. The fourth-order valence-corrected chi connectivity index (χ4v) is 6.04. The molecule has 1 aliphatic heterocycles. The molecule has 0 amide bonds. The Morgan fingerprint density at radius 2 is 2.17 bits per heavy atom. The van der Waals surface area contributed by atoms with Crippen LogP contribution >= 0.6 is 0 Å². The Kier molecular flexibility index (Phi) is 4.14. The molecule has 4 heteroatoms. The second-order valence-corrected chi connectivity index (χ2v) is 13.5. The Morgan fingerprint density at radius 3 is 2.83 bits per heavy atom. The average molecular weight is 335 g/mol. The van der Waals surface area contributed by atoms with E-state index in [2.05, 4.69) is 45.3 Å². The van der Waals surface area contributed by atoms with Gasteiger partial charge in [-0.3, -0.25) is 0 Å². The Bertz CT molecular complexity index is 572. The summed E-state index contributed by atoms with van der Waals surface area (Å²) in [4.78, 5) is 0. The van der Waals surface area contributed by atoms with Gasteiger partial charge in [0.1, 0.15) is 0 Å². The quantitative estimate of drug-likeness (QED) is 0.476. The highest BCUT2D eigenvalue weighted by atomic mass is 28.3. The zero-order valence-electron chi connectivity index (χ0n) is 15.1. The second kappa shape index (κ2) is 5.61. The first-order valence-corrected chi connectivity index (χ1v) is 12.3. The molecule has 0 unspecified atom stereocenters. The second-order valence-electron chi connectivity index (χ2n) is 8.52. The molecule has 3 aliphatic rings. The predicted octanol–water partition coefficient (Wildman–Crippen LogP) is 4.17. The zero-order valence-corrected chi connectivity index (χ0v) is 16.1. The van der Waals surface area contributed by atoms with Gasteiger partial charge in [0.05, 0.1) is 38.4 Å². The van der Waals surface area contributed by atoms with Gasteiger partial charge in [-0.15, -0.1) is 0 Å². The molecule has 1 saturated heterocycles. The number of hydrogen-bond acceptors (Lipinski definition) is 3. The summed E-state index contributed by atoms with van der Waals surface area (Å²) < 4.78 is 12.4. The van der Waals surface area contributed by atoms with Gasteiger partial charge < -0.3 is 14.6 Å². The van der Waals surface area contributed by atoms with Crippen LogP contribution in [0.15, 0.2) is 35.3 Å². The summed E-state index contributed by atoms with van der Waals surface area (Å²) in [5, 5.41) is 10.8.